The van der Waals surface area contributed by atoms with Gasteiger partial charge in [0.05, 0.1) is 6.10 Å². The molecule has 1 aromatic carbocycles. The van der Waals surface area contributed by atoms with Crippen LogP contribution in [0.3, 0.4) is 0 Å². The van der Waals surface area contributed by atoms with Crippen molar-refractivity contribution in [2.75, 3.05) is 6.26 Å². The van der Waals surface area contributed by atoms with Gasteiger partial charge in [-0.25, -0.2) is 0 Å². The second-order valence-electron chi connectivity index (χ2n) is 2.56. The first kappa shape index (κ1) is 9.90. The van der Waals surface area contributed by atoms with E-state index in [1.54, 1.807) is 18.7 Å². The van der Waals surface area contributed by atoms with E-state index in [1.165, 1.54) is 0 Å². The molecule has 0 aliphatic rings. The first-order valence-corrected chi connectivity index (χ1v) is 5.27. The molecule has 0 aliphatic heterocycles. The molecule has 1 N–H and O–H groups in total. The van der Waals surface area contributed by atoms with E-state index in [0.717, 1.165) is 10.5 Å². The van der Waals surface area contributed by atoms with Gasteiger partial charge in [0.15, 0.2) is 0 Å². The van der Waals surface area contributed by atoms with Crippen LogP contribution in [-0.4, -0.2) is 11.4 Å². The van der Waals surface area contributed by atoms with Gasteiger partial charge in [-0.3, -0.25) is 0 Å². The molecule has 1 aromatic rings. The molecule has 0 saturated heterocycles. The van der Waals surface area contributed by atoms with Crippen LogP contribution in [0.5, 0.6) is 0 Å². The Labute approximate surface area is 81.7 Å². The van der Waals surface area contributed by atoms with Crippen LogP contribution in [0, 0.1) is 0 Å². The van der Waals surface area contributed by atoms with Crippen molar-refractivity contribution in [3.8, 4) is 0 Å². The Kier molecular flexibility index (Phi) is 3.44. The highest BCUT2D eigenvalue weighted by Gasteiger charge is 2.06. The van der Waals surface area contributed by atoms with Crippen molar-refractivity contribution < 1.29 is 5.11 Å². The molecule has 1 rings (SSSR count). The molecule has 12 heavy (non-hydrogen) atoms. The van der Waals surface area contributed by atoms with Gasteiger partial charge in [0, 0.05) is 9.92 Å². The summed E-state index contributed by atoms with van der Waals surface area (Å²) >= 11 is 7.52. The zero-order valence-electron chi connectivity index (χ0n) is 7.04. The minimum atomic E-state index is -0.496. The van der Waals surface area contributed by atoms with Crippen LogP contribution in [0.15, 0.2) is 23.1 Å². The number of thioether (sulfide) groups is 1. The van der Waals surface area contributed by atoms with Crippen molar-refractivity contribution >= 4 is 23.4 Å². The number of rotatable bonds is 2. The number of aliphatic hydroxyl groups is 1. The minimum absolute atomic E-state index is 0.496. The Morgan fingerprint density at radius 2 is 2.17 bits per heavy atom. The largest absolute Gasteiger partial charge is 0.389 e. The standard InChI is InChI=1S/C9H11ClOS/c1-6(11)8-5-7(12-2)3-4-9(8)10/h3-6,11H,1-2H3. The third-order valence-corrected chi connectivity index (χ3v) is 2.72. The Balaban J connectivity index is 3.08. The highest BCUT2D eigenvalue weighted by atomic mass is 35.5. The third kappa shape index (κ3) is 2.16. The van der Waals surface area contributed by atoms with Crippen LogP contribution in [0.1, 0.15) is 18.6 Å². The molecule has 0 bridgehead atoms. The molecule has 66 valence electrons. The zero-order chi connectivity index (χ0) is 9.14. The van der Waals surface area contributed by atoms with Gasteiger partial charge in [-0.05, 0) is 36.9 Å². The van der Waals surface area contributed by atoms with E-state index in [1.807, 2.05) is 24.5 Å². The van der Waals surface area contributed by atoms with Gasteiger partial charge in [-0.15, -0.1) is 11.8 Å². The molecule has 3 heteroatoms. The van der Waals surface area contributed by atoms with Crippen LogP contribution in [0.2, 0.25) is 5.02 Å². The van der Waals surface area contributed by atoms with Crippen LogP contribution in [0.4, 0.5) is 0 Å². The van der Waals surface area contributed by atoms with Gasteiger partial charge >= 0.3 is 0 Å². The normalized spacial score (nSPS) is 13.0. The summed E-state index contributed by atoms with van der Waals surface area (Å²) in [6.07, 6.45) is 1.50. The average molecular weight is 203 g/mol. The Morgan fingerprint density at radius 1 is 1.50 bits per heavy atom. The van der Waals surface area contributed by atoms with Crippen LogP contribution in [0.25, 0.3) is 0 Å². The van der Waals surface area contributed by atoms with E-state index in [-0.39, 0.29) is 0 Å². The lowest BCUT2D eigenvalue weighted by atomic mass is 10.1. The van der Waals surface area contributed by atoms with Crippen LogP contribution in [-0.2, 0) is 0 Å². The minimum Gasteiger partial charge on any atom is -0.389 e. The summed E-state index contributed by atoms with van der Waals surface area (Å²) in [7, 11) is 0. The van der Waals surface area contributed by atoms with Crippen LogP contribution >= 0.6 is 23.4 Å². The zero-order valence-corrected chi connectivity index (χ0v) is 8.62. The third-order valence-electron chi connectivity index (χ3n) is 1.65. The predicted octanol–water partition coefficient (Wildman–Crippen LogP) is 3.12. The van der Waals surface area contributed by atoms with E-state index in [4.69, 9.17) is 11.6 Å². The van der Waals surface area contributed by atoms with E-state index in [2.05, 4.69) is 0 Å². The Morgan fingerprint density at radius 3 is 2.67 bits per heavy atom. The molecule has 0 radical (unpaired) electrons. The SMILES string of the molecule is CSc1ccc(Cl)c(C(C)O)c1. The molecule has 0 heterocycles. The monoisotopic (exact) mass is 202 g/mol. The summed E-state index contributed by atoms with van der Waals surface area (Å²) < 4.78 is 0. The first-order chi connectivity index (χ1) is 5.65. The lowest BCUT2D eigenvalue weighted by Gasteiger charge is -2.08. The molecular formula is C9H11ClOS. The molecular weight excluding hydrogens is 192 g/mol. The van der Waals surface area contributed by atoms with Gasteiger partial charge in [0.25, 0.3) is 0 Å². The predicted molar refractivity (Wildman–Crippen MR) is 53.9 cm³/mol. The summed E-state index contributed by atoms with van der Waals surface area (Å²) in [6.45, 7) is 1.71. The maximum atomic E-state index is 9.33. The number of aliphatic hydroxyl groups excluding tert-OH is 1. The van der Waals surface area contributed by atoms with Crippen molar-refractivity contribution in [2.24, 2.45) is 0 Å². The molecule has 0 spiro atoms. The number of benzene rings is 1. The van der Waals surface area contributed by atoms with Crippen molar-refractivity contribution in [1.82, 2.24) is 0 Å². The highest BCUT2D eigenvalue weighted by Crippen LogP contribution is 2.27. The Bertz CT molecular complexity index is 273. The average Bonchev–Trinajstić information content (AvgIpc) is 2.05. The van der Waals surface area contributed by atoms with E-state index < -0.39 is 6.10 Å². The van der Waals surface area contributed by atoms with Gasteiger partial charge in [-0.1, -0.05) is 11.6 Å². The molecule has 0 aromatic heterocycles. The number of hydrogen-bond acceptors (Lipinski definition) is 2. The van der Waals surface area contributed by atoms with E-state index >= 15 is 0 Å². The molecule has 0 saturated carbocycles. The fraction of sp³-hybridized carbons (Fsp3) is 0.333. The van der Waals surface area contributed by atoms with Crippen molar-refractivity contribution in [3.05, 3.63) is 28.8 Å². The quantitative estimate of drug-likeness (QED) is 0.744. The summed E-state index contributed by atoms with van der Waals surface area (Å²) in [5.41, 5.74) is 0.795. The maximum absolute atomic E-state index is 9.33. The lowest BCUT2D eigenvalue weighted by molar-refractivity contribution is 0.199. The molecule has 0 fully saturated rings. The smallest absolute Gasteiger partial charge is 0.0776 e. The molecule has 1 unspecified atom stereocenters. The second-order valence-corrected chi connectivity index (χ2v) is 3.85. The van der Waals surface area contributed by atoms with Crippen molar-refractivity contribution in [1.29, 1.82) is 0 Å². The summed E-state index contributed by atoms with van der Waals surface area (Å²) in [4.78, 5) is 1.12. The molecule has 1 nitrogen and oxygen atoms in total. The fourth-order valence-corrected chi connectivity index (χ4v) is 1.69. The second kappa shape index (κ2) is 4.17. The fourth-order valence-electron chi connectivity index (χ4n) is 0.969. The first-order valence-electron chi connectivity index (χ1n) is 3.66. The van der Waals surface area contributed by atoms with Crippen molar-refractivity contribution in [3.63, 3.8) is 0 Å². The highest BCUT2D eigenvalue weighted by molar-refractivity contribution is 7.98. The lowest BCUT2D eigenvalue weighted by Crippen LogP contribution is -1.92. The van der Waals surface area contributed by atoms with Crippen LogP contribution < -0.4 is 0 Å². The maximum Gasteiger partial charge on any atom is 0.0776 e. The van der Waals surface area contributed by atoms with Gasteiger partial charge in [0.2, 0.25) is 0 Å². The van der Waals surface area contributed by atoms with Gasteiger partial charge < -0.3 is 5.11 Å². The topological polar surface area (TPSA) is 20.2 Å². The number of hydrogen-bond donors (Lipinski definition) is 1. The van der Waals surface area contributed by atoms with E-state index in [0.29, 0.717) is 5.02 Å². The summed E-state index contributed by atoms with van der Waals surface area (Å²) in [6, 6.07) is 5.67. The molecule has 0 aliphatic carbocycles. The Hall–Kier alpha value is -0.180. The summed E-state index contributed by atoms with van der Waals surface area (Å²) in [5, 5.41) is 9.96. The summed E-state index contributed by atoms with van der Waals surface area (Å²) in [5.74, 6) is 0. The van der Waals surface area contributed by atoms with Crippen molar-refractivity contribution in [2.45, 2.75) is 17.9 Å². The number of halogens is 1. The molecule has 0 amide bonds. The van der Waals surface area contributed by atoms with E-state index in [9.17, 15) is 5.11 Å². The van der Waals surface area contributed by atoms with Gasteiger partial charge in [-0.2, -0.15) is 0 Å². The molecule has 1 atom stereocenters. The van der Waals surface area contributed by atoms with Gasteiger partial charge in [0.1, 0.15) is 0 Å².